The Morgan fingerprint density at radius 3 is 2.81 bits per heavy atom. The summed E-state index contributed by atoms with van der Waals surface area (Å²) in [6, 6.07) is 3.79. The molecule has 2 amide bonds. The first kappa shape index (κ1) is 14.9. The topological polar surface area (TPSA) is 107 Å². The van der Waals surface area contributed by atoms with Crippen molar-refractivity contribution in [2.24, 2.45) is 0 Å². The lowest BCUT2D eigenvalue weighted by atomic mass is 10.2. The minimum Gasteiger partial charge on any atom is -0.478 e. The van der Waals surface area contributed by atoms with Gasteiger partial charge in [-0.05, 0) is 18.2 Å². The van der Waals surface area contributed by atoms with Crippen molar-refractivity contribution in [2.75, 3.05) is 11.9 Å². The molecule has 0 atom stereocenters. The summed E-state index contributed by atoms with van der Waals surface area (Å²) in [5.41, 5.74) is 0.404. The molecule has 0 saturated carbocycles. The summed E-state index contributed by atoms with van der Waals surface area (Å²) in [5, 5.41) is 14.1. The van der Waals surface area contributed by atoms with Gasteiger partial charge in [0.25, 0.3) is 0 Å². The molecular weight excluding hydrogens is 296 g/mol. The standard InChI is InChI=1S/C13H13ClN4O3/c14-10-7-8(1-2-9(10)12(19)20)18-13(21)17-4-3-11-15-5-6-16-11/h1-2,5-7H,3-4H2,(H,15,16)(H,19,20)(H2,17,18,21). The molecule has 0 fully saturated rings. The van der Waals surface area contributed by atoms with Crippen LogP contribution in [0.2, 0.25) is 5.02 Å². The second kappa shape index (κ2) is 6.76. The zero-order chi connectivity index (χ0) is 15.2. The van der Waals surface area contributed by atoms with Crippen LogP contribution >= 0.6 is 11.6 Å². The van der Waals surface area contributed by atoms with Crippen molar-refractivity contribution in [2.45, 2.75) is 6.42 Å². The summed E-state index contributed by atoms with van der Waals surface area (Å²) in [7, 11) is 0. The number of benzene rings is 1. The van der Waals surface area contributed by atoms with Crippen LogP contribution in [0, 0.1) is 0 Å². The molecule has 0 radical (unpaired) electrons. The second-order valence-electron chi connectivity index (χ2n) is 4.17. The number of anilines is 1. The van der Waals surface area contributed by atoms with Gasteiger partial charge in [0.2, 0.25) is 0 Å². The van der Waals surface area contributed by atoms with Gasteiger partial charge in [-0.1, -0.05) is 11.6 Å². The number of H-pyrrole nitrogens is 1. The molecule has 0 unspecified atom stereocenters. The summed E-state index contributed by atoms with van der Waals surface area (Å²) in [6.07, 6.45) is 3.93. The number of aromatic amines is 1. The van der Waals surface area contributed by atoms with E-state index in [1.54, 1.807) is 12.4 Å². The minimum atomic E-state index is -1.12. The van der Waals surface area contributed by atoms with Gasteiger partial charge in [0.1, 0.15) is 5.82 Å². The number of imidazole rings is 1. The van der Waals surface area contributed by atoms with E-state index in [1.165, 1.54) is 18.2 Å². The first-order valence-corrected chi connectivity index (χ1v) is 6.50. The zero-order valence-electron chi connectivity index (χ0n) is 10.9. The molecule has 7 nitrogen and oxygen atoms in total. The number of carboxylic acids is 1. The number of aromatic nitrogens is 2. The number of hydrogen-bond acceptors (Lipinski definition) is 3. The van der Waals surface area contributed by atoms with E-state index in [0.29, 0.717) is 18.7 Å². The van der Waals surface area contributed by atoms with Gasteiger partial charge in [-0.15, -0.1) is 0 Å². The maximum absolute atomic E-state index is 11.7. The van der Waals surface area contributed by atoms with Gasteiger partial charge in [0.15, 0.2) is 0 Å². The SMILES string of the molecule is O=C(NCCc1ncc[nH]1)Nc1ccc(C(=O)O)c(Cl)c1. The third kappa shape index (κ3) is 4.22. The van der Waals surface area contributed by atoms with E-state index in [4.69, 9.17) is 16.7 Å². The van der Waals surface area contributed by atoms with Crippen LogP contribution in [0.1, 0.15) is 16.2 Å². The molecule has 2 aromatic rings. The van der Waals surface area contributed by atoms with Crippen molar-refractivity contribution in [3.05, 3.63) is 47.0 Å². The molecule has 0 aliphatic carbocycles. The predicted octanol–water partition coefficient (Wildman–Crippen LogP) is 2.13. The van der Waals surface area contributed by atoms with Gasteiger partial charge in [0, 0.05) is 31.0 Å². The number of rotatable bonds is 5. The lowest BCUT2D eigenvalue weighted by Gasteiger charge is -2.08. The van der Waals surface area contributed by atoms with Gasteiger partial charge in [-0.3, -0.25) is 0 Å². The Labute approximate surface area is 125 Å². The maximum Gasteiger partial charge on any atom is 0.337 e. The summed E-state index contributed by atoms with van der Waals surface area (Å²) in [4.78, 5) is 29.4. The van der Waals surface area contributed by atoms with Crippen molar-refractivity contribution in [3.8, 4) is 0 Å². The number of carbonyl (C=O) groups excluding carboxylic acids is 1. The van der Waals surface area contributed by atoms with Crippen LogP contribution in [0.25, 0.3) is 0 Å². The number of carbonyl (C=O) groups is 2. The number of urea groups is 1. The highest BCUT2D eigenvalue weighted by molar-refractivity contribution is 6.33. The van der Waals surface area contributed by atoms with Crippen LogP contribution in [0.15, 0.2) is 30.6 Å². The van der Waals surface area contributed by atoms with Crippen molar-refractivity contribution in [3.63, 3.8) is 0 Å². The van der Waals surface area contributed by atoms with E-state index < -0.39 is 12.0 Å². The van der Waals surface area contributed by atoms with E-state index in [-0.39, 0.29) is 10.6 Å². The third-order valence-electron chi connectivity index (χ3n) is 2.66. The summed E-state index contributed by atoms with van der Waals surface area (Å²) in [6.45, 7) is 0.417. The molecule has 1 heterocycles. The number of carboxylic acid groups (broad SMARTS) is 1. The Morgan fingerprint density at radius 2 is 2.19 bits per heavy atom. The maximum atomic E-state index is 11.7. The number of nitrogens with zero attached hydrogens (tertiary/aromatic N) is 1. The van der Waals surface area contributed by atoms with Gasteiger partial charge < -0.3 is 20.7 Å². The number of hydrogen-bond donors (Lipinski definition) is 4. The molecule has 0 aliphatic rings. The normalized spacial score (nSPS) is 10.1. The number of amides is 2. The fourth-order valence-corrected chi connectivity index (χ4v) is 1.93. The molecule has 1 aromatic carbocycles. The molecule has 8 heteroatoms. The highest BCUT2D eigenvalue weighted by Gasteiger charge is 2.10. The largest absolute Gasteiger partial charge is 0.478 e. The second-order valence-corrected chi connectivity index (χ2v) is 4.57. The Bertz CT molecular complexity index is 643. The molecule has 2 rings (SSSR count). The van der Waals surface area contributed by atoms with Crippen LogP contribution in [0.5, 0.6) is 0 Å². The molecule has 0 spiro atoms. The fraction of sp³-hybridized carbons (Fsp3) is 0.154. The monoisotopic (exact) mass is 308 g/mol. The quantitative estimate of drug-likeness (QED) is 0.678. The molecule has 4 N–H and O–H groups in total. The molecule has 0 bridgehead atoms. The van der Waals surface area contributed by atoms with Crippen molar-refractivity contribution in [1.29, 1.82) is 0 Å². The van der Waals surface area contributed by atoms with E-state index in [0.717, 1.165) is 5.82 Å². The van der Waals surface area contributed by atoms with Crippen molar-refractivity contribution >= 4 is 29.3 Å². The highest BCUT2D eigenvalue weighted by Crippen LogP contribution is 2.20. The zero-order valence-corrected chi connectivity index (χ0v) is 11.6. The van der Waals surface area contributed by atoms with Crippen molar-refractivity contribution in [1.82, 2.24) is 15.3 Å². The summed E-state index contributed by atoms with van der Waals surface area (Å²) >= 11 is 5.81. The van der Waals surface area contributed by atoms with E-state index >= 15 is 0 Å². The third-order valence-corrected chi connectivity index (χ3v) is 2.97. The van der Waals surface area contributed by atoms with Crippen LogP contribution in [-0.2, 0) is 6.42 Å². The first-order valence-electron chi connectivity index (χ1n) is 6.12. The molecule has 21 heavy (non-hydrogen) atoms. The first-order chi connectivity index (χ1) is 10.1. The number of halogens is 1. The van der Waals surface area contributed by atoms with Crippen LogP contribution in [0.4, 0.5) is 10.5 Å². The van der Waals surface area contributed by atoms with Gasteiger partial charge in [-0.2, -0.15) is 0 Å². The van der Waals surface area contributed by atoms with Crippen molar-refractivity contribution < 1.29 is 14.7 Å². The lowest BCUT2D eigenvalue weighted by molar-refractivity contribution is 0.0697. The fourth-order valence-electron chi connectivity index (χ4n) is 1.67. The summed E-state index contributed by atoms with van der Waals surface area (Å²) in [5.74, 6) is -0.335. The number of aromatic carboxylic acids is 1. The Kier molecular flexibility index (Phi) is 4.78. The number of nitrogens with one attached hydrogen (secondary N) is 3. The van der Waals surface area contributed by atoms with Crippen LogP contribution in [0.3, 0.4) is 0 Å². The average Bonchev–Trinajstić information content (AvgIpc) is 2.91. The van der Waals surface area contributed by atoms with E-state index in [9.17, 15) is 9.59 Å². The van der Waals surface area contributed by atoms with Gasteiger partial charge >= 0.3 is 12.0 Å². The molecule has 110 valence electrons. The highest BCUT2D eigenvalue weighted by atomic mass is 35.5. The van der Waals surface area contributed by atoms with Gasteiger partial charge in [-0.25, -0.2) is 14.6 Å². The Hall–Kier alpha value is -2.54. The lowest BCUT2D eigenvalue weighted by Crippen LogP contribution is -2.30. The molecular formula is C13H13ClN4O3. The van der Waals surface area contributed by atoms with E-state index in [1.807, 2.05) is 0 Å². The van der Waals surface area contributed by atoms with E-state index in [2.05, 4.69) is 20.6 Å². The molecule has 1 aromatic heterocycles. The van der Waals surface area contributed by atoms with Crippen LogP contribution in [-0.4, -0.2) is 33.6 Å². The Morgan fingerprint density at radius 1 is 1.38 bits per heavy atom. The van der Waals surface area contributed by atoms with Gasteiger partial charge in [0.05, 0.1) is 10.6 Å². The smallest absolute Gasteiger partial charge is 0.337 e. The van der Waals surface area contributed by atoms with Crippen LogP contribution < -0.4 is 10.6 Å². The molecule has 0 aliphatic heterocycles. The molecule has 0 saturated heterocycles. The predicted molar refractivity (Wildman–Crippen MR) is 77.7 cm³/mol. The average molecular weight is 309 g/mol. The summed E-state index contributed by atoms with van der Waals surface area (Å²) < 4.78 is 0. The minimum absolute atomic E-state index is 0.0135. The Balaban J connectivity index is 1.85.